The maximum atomic E-state index is 3.61. The summed E-state index contributed by atoms with van der Waals surface area (Å²) in [5.41, 5.74) is 0.727. The summed E-state index contributed by atoms with van der Waals surface area (Å²) in [6.45, 7) is 4.69. The first kappa shape index (κ1) is 11.1. The largest absolute Gasteiger partial charge is 0.316 e. The van der Waals surface area contributed by atoms with Crippen LogP contribution >= 0.6 is 0 Å². The molecule has 3 fully saturated rings. The Hall–Kier alpha value is -0.0400. The summed E-state index contributed by atoms with van der Waals surface area (Å²) in [6.07, 6.45) is 12.4. The third kappa shape index (κ3) is 1.92. The van der Waals surface area contributed by atoms with Crippen LogP contribution in [0.1, 0.15) is 58.3 Å². The molecule has 0 amide bonds. The summed E-state index contributed by atoms with van der Waals surface area (Å²) in [4.78, 5) is 0. The molecule has 3 rings (SSSR count). The van der Waals surface area contributed by atoms with Crippen molar-refractivity contribution in [2.45, 2.75) is 58.3 Å². The highest BCUT2D eigenvalue weighted by molar-refractivity contribution is 4.97. The van der Waals surface area contributed by atoms with Gasteiger partial charge < -0.3 is 5.32 Å². The lowest BCUT2D eigenvalue weighted by Crippen LogP contribution is -2.42. The van der Waals surface area contributed by atoms with Gasteiger partial charge in [-0.3, -0.25) is 0 Å². The van der Waals surface area contributed by atoms with E-state index in [1.165, 1.54) is 25.8 Å². The molecule has 1 heteroatoms. The summed E-state index contributed by atoms with van der Waals surface area (Å²) < 4.78 is 0. The minimum atomic E-state index is 0.727. The monoisotopic (exact) mass is 221 g/mol. The van der Waals surface area contributed by atoms with Crippen molar-refractivity contribution in [1.29, 1.82) is 0 Å². The lowest BCUT2D eigenvalue weighted by atomic mass is 9.62. The van der Waals surface area contributed by atoms with Crippen LogP contribution in [0.4, 0.5) is 0 Å². The molecule has 0 saturated heterocycles. The molecular weight excluding hydrogens is 194 g/mol. The van der Waals surface area contributed by atoms with Crippen LogP contribution in [-0.4, -0.2) is 13.1 Å². The Labute approximate surface area is 100 Å². The third-order valence-corrected chi connectivity index (χ3v) is 5.74. The highest BCUT2D eigenvalue weighted by atomic mass is 14.9. The van der Waals surface area contributed by atoms with E-state index in [1.807, 2.05) is 0 Å². The number of fused-ring (bicyclic) bond motifs is 2. The third-order valence-electron chi connectivity index (χ3n) is 5.74. The zero-order valence-electron chi connectivity index (χ0n) is 10.8. The van der Waals surface area contributed by atoms with E-state index in [0.29, 0.717) is 0 Å². The van der Waals surface area contributed by atoms with Crippen molar-refractivity contribution in [2.24, 2.45) is 23.2 Å². The Bertz CT molecular complexity index is 244. The summed E-state index contributed by atoms with van der Waals surface area (Å²) in [6, 6.07) is 0. The molecule has 0 aromatic rings. The van der Waals surface area contributed by atoms with Crippen molar-refractivity contribution in [2.75, 3.05) is 13.1 Å². The Kier molecular flexibility index (Phi) is 2.99. The Morgan fingerprint density at radius 2 is 2.06 bits per heavy atom. The van der Waals surface area contributed by atoms with Gasteiger partial charge in [-0.25, -0.2) is 0 Å². The minimum absolute atomic E-state index is 0.727. The second-order valence-electron chi connectivity index (χ2n) is 6.77. The van der Waals surface area contributed by atoms with E-state index in [1.54, 1.807) is 32.1 Å². The van der Waals surface area contributed by atoms with Gasteiger partial charge in [0.2, 0.25) is 0 Å². The first-order valence-corrected chi connectivity index (χ1v) is 7.52. The average molecular weight is 221 g/mol. The quantitative estimate of drug-likeness (QED) is 0.748. The second-order valence-corrected chi connectivity index (χ2v) is 6.77. The van der Waals surface area contributed by atoms with Crippen molar-refractivity contribution in [3.63, 3.8) is 0 Å². The molecule has 0 aromatic heterocycles. The number of hydrogen-bond acceptors (Lipinski definition) is 1. The van der Waals surface area contributed by atoms with Gasteiger partial charge in [0.15, 0.2) is 0 Å². The van der Waals surface area contributed by atoms with Gasteiger partial charge in [0.1, 0.15) is 0 Å². The summed E-state index contributed by atoms with van der Waals surface area (Å²) in [5.74, 6) is 3.37. The van der Waals surface area contributed by atoms with Crippen molar-refractivity contribution in [1.82, 2.24) is 5.32 Å². The molecule has 0 heterocycles. The van der Waals surface area contributed by atoms with Gasteiger partial charge in [-0.2, -0.15) is 0 Å². The Balaban J connectivity index is 1.56. The van der Waals surface area contributed by atoms with E-state index in [9.17, 15) is 0 Å². The molecule has 1 N–H and O–H groups in total. The molecule has 3 saturated carbocycles. The van der Waals surface area contributed by atoms with Gasteiger partial charge in [0.25, 0.3) is 0 Å². The highest BCUT2D eigenvalue weighted by Crippen LogP contribution is 2.55. The van der Waals surface area contributed by atoms with E-state index in [4.69, 9.17) is 0 Å². The van der Waals surface area contributed by atoms with Crippen molar-refractivity contribution in [3.8, 4) is 0 Å². The van der Waals surface area contributed by atoms with Crippen LogP contribution in [0.5, 0.6) is 0 Å². The van der Waals surface area contributed by atoms with Crippen molar-refractivity contribution in [3.05, 3.63) is 0 Å². The fraction of sp³-hybridized carbons (Fsp3) is 1.00. The first-order chi connectivity index (χ1) is 7.81. The molecule has 3 aliphatic rings. The molecule has 0 aliphatic heterocycles. The van der Waals surface area contributed by atoms with E-state index in [2.05, 4.69) is 12.2 Å². The maximum Gasteiger partial charge on any atom is 0.000779 e. The van der Waals surface area contributed by atoms with E-state index in [-0.39, 0.29) is 0 Å². The van der Waals surface area contributed by atoms with Crippen molar-refractivity contribution >= 4 is 0 Å². The summed E-state index contributed by atoms with van der Waals surface area (Å²) in [5, 5.41) is 3.61. The van der Waals surface area contributed by atoms with Crippen LogP contribution in [0.25, 0.3) is 0 Å². The molecule has 1 nitrogen and oxygen atoms in total. The number of nitrogens with one attached hydrogen (secondary N) is 1. The molecule has 0 spiro atoms. The molecule has 3 atom stereocenters. The topological polar surface area (TPSA) is 12.0 Å². The molecular formula is C15H27N. The molecule has 3 unspecified atom stereocenters. The van der Waals surface area contributed by atoms with Crippen molar-refractivity contribution < 1.29 is 0 Å². The van der Waals surface area contributed by atoms with Crippen LogP contribution in [0, 0.1) is 23.2 Å². The maximum absolute atomic E-state index is 3.61. The number of hydrogen-bond donors (Lipinski definition) is 1. The van der Waals surface area contributed by atoms with Gasteiger partial charge in [-0.15, -0.1) is 0 Å². The zero-order chi connectivity index (χ0) is 11.0. The zero-order valence-corrected chi connectivity index (χ0v) is 10.8. The smallest absolute Gasteiger partial charge is 0.000779 e. The summed E-state index contributed by atoms with van der Waals surface area (Å²) in [7, 11) is 0. The fourth-order valence-electron chi connectivity index (χ4n) is 4.70. The molecule has 3 aliphatic carbocycles. The van der Waals surface area contributed by atoms with Crippen LogP contribution in [0.15, 0.2) is 0 Å². The fourth-order valence-corrected chi connectivity index (χ4v) is 4.70. The van der Waals surface area contributed by atoms with Gasteiger partial charge in [-0.1, -0.05) is 19.8 Å². The first-order valence-electron chi connectivity index (χ1n) is 7.52. The molecule has 0 radical (unpaired) electrons. The van der Waals surface area contributed by atoms with Gasteiger partial charge >= 0.3 is 0 Å². The predicted molar refractivity (Wildman–Crippen MR) is 68.4 cm³/mol. The lowest BCUT2D eigenvalue weighted by Gasteiger charge is -2.45. The van der Waals surface area contributed by atoms with E-state index < -0.39 is 0 Å². The van der Waals surface area contributed by atoms with Crippen LogP contribution in [-0.2, 0) is 0 Å². The minimum Gasteiger partial charge on any atom is -0.316 e. The van der Waals surface area contributed by atoms with E-state index in [0.717, 1.165) is 29.7 Å². The SMILES string of the molecule is CCNCC1(CC2CC3CCC2C3)CCC1. The molecule has 0 aromatic carbocycles. The van der Waals surface area contributed by atoms with Crippen LogP contribution < -0.4 is 5.32 Å². The Morgan fingerprint density at radius 1 is 1.19 bits per heavy atom. The van der Waals surface area contributed by atoms with E-state index >= 15 is 0 Å². The summed E-state index contributed by atoms with van der Waals surface area (Å²) >= 11 is 0. The lowest BCUT2D eigenvalue weighted by molar-refractivity contribution is 0.0759. The standard InChI is InChI=1S/C15H27N/c1-2-16-11-15(6-3-7-15)10-14-9-12-4-5-13(14)8-12/h12-14,16H,2-11H2,1H3. The normalized spacial score (nSPS) is 39.9. The number of rotatable bonds is 5. The van der Waals surface area contributed by atoms with Gasteiger partial charge in [0.05, 0.1) is 0 Å². The average Bonchev–Trinajstić information content (AvgIpc) is 2.83. The Morgan fingerprint density at radius 3 is 2.56 bits per heavy atom. The molecule has 16 heavy (non-hydrogen) atoms. The van der Waals surface area contributed by atoms with Gasteiger partial charge in [0, 0.05) is 6.54 Å². The molecule has 92 valence electrons. The van der Waals surface area contributed by atoms with Gasteiger partial charge in [-0.05, 0) is 68.2 Å². The second kappa shape index (κ2) is 4.33. The van der Waals surface area contributed by atoms with Crippen LogP contribution in [0.2, 0.25) is 0 Å². The highest BCUT2D eigenvalue weighted by Gasteiger charge is 2.45. The molecule has 2 bridgehead atoms. The van der Waals surface area contributed by atoms with Crippen LogP contribution in [0.3, 0.4) is 0 Å². The predicted octanol–water partition coefficient (Wildman–Crippen LogP) is 3.59.